The van der Waals surface area contributed by atoms with Crippen molar-refractivity contribution in [2.45, 2.75) is 51.0 Å². The van der Waals surface area contributed by atoms with E-state index in [9.17, 15) is 8.78 Å². The van der Waals surface area contributed by atoms with Crippen LogP contribution in [0.1, 0.15) is 51.0 Å². The Balaban J connectivity index is 2.38. The third kappa shape index (κ3) is 2.72. The highest BCUT2D eigenvalue weighted by Crippen LogP contribution is 2.35. The zero-order chi connectivity index (χ0) is 13.0. The van der Waals surface area contributed by atoms with Crippen molar-refractivity contribution >= 4 is 0 Å². The standard InChI is InChI=1S/C15H21F2N/c1-2-8-15(9-4-3-5-10-18-15)13-7-6-12(16)11-14(13)17/h6-7,11,18H,2-5,8-10H2,1H3. The molecule has 0 aliphatic carbocycles. The third-order valence-electron chi connectivity index (χ3n) is 3.87. The van der Waals surface area contributed by atoms with Gasteiger partial charge in [0.2, 0.25) is 0 Å². The van der Waals surface area contributed by atoms with Crippen LogP contribution in [0.3, 0.4) is 0 Å². The lowest BCUT2D eigenvalue weighted by atomic mass is 9.81. The van der Waals surface area contributed by atoms with Crippen LogP contribution in [0.2, 0.25) is 0 Å². The van der Waals surface area contributed by atoms with E-state index >= 15 is 0 Å². The molecule has 0 saturated carbocycles. The Kier molecular flexibility index (Phi) is 4.33. The Hall–Kier alpha value is -0.960. The van der Waals surface area contributed by atoms with Gasteiger partial charge in [0.05, 0.1) is 0 Å². The maximum absolute atomic E-state index is 14.1. The lowest BCUT2D eigenvalue weighted by molar-refractivity contribution is 0.286. The second kappa shape index (κ2) is 5.79. The number of nitrogens with one attached hydrogen (secondary N) is 1. The van der Waals surface area contributed by atoms with Gasteiger partial charge in [0, 0.05) is 17.2 Å². The molecule has 0 aromatic heterocycles. The first-order chi connectivity index (χ1) is 8.68. The van der Waals surface area contributed by atoms with Gasteiger partial charge in [-0.25, -0.2) is 8.78 Å². The molecule has 1 aliphatic rings. The molecule has 1 N–H and O–H groups in total. The van der Waals surface area contributed by atoms with E-state index in [1.54, 1.807) is 6.07 Å². The van der Waals surface area contributed by atoms with E-state index in [1.165, 1.54) is 12.5 Å². The van der Waals surface area contributed by atoms with Crippen LogP contribution in [-0.4, -0.2) is 6.54 Å². The van der Waals surface area contributed by atoms with E-state index in [2.05, 4.69) is 12.2 Å². The molecule has 0 radical (unpaired) electrons. The van der Waals surface area contributed by atoms with Gasteiger partial charge in [0.25, 0.3) is 0 Å². The average molecular weight is 253 g/mol. The summed E-state index contributed by atoms with van der Waals surface area (Å²) in [6, 6.07) is 3.97. The second-order valence-electron chi connectivity index (χ2n) is 5.19. The molecule has 0 bridgehead atoms. The third-order valence-corrected chi connectivity index (χ3v) is 3.87. The summed E-state index contributed by atoms with van der Waals surface area (Å²) >= 11 is 0. The molecular weight excluding hydrogens is 232 g/mol. The van der Waals surface area contributed by atoms with Crippen LogP contribution in [0, 0.1) is 11.6 Å². The van der Waals surface area contributed by atoms with Gasteiger partial charge in [-0.1, -0.05) is 32.3 Å². The molecule has 1 atom stereocenters. The van der Waals surface area contributed by atoms with E-state index in [1.807, 2.05) is 0 Å². The zero-order valence-electron chi connectivity index (χ0n) is 10.9. The van der Waals surface area contributed by atoms with Crippen LogP contribution >= 0.6 is 0 Å². The number of hydrogen-bond acceptors (Lipinski definition) is 1. The summed E-state index contributed by atoms with van der Waals surface area (Å²) in [7, 11) is 0. The number of hydrogen-bond donors (Lipinski definition) is 1. The molecule has 100 valence electrons. The molecule has 18 heavy (non-hydrogen) atoms. The quantitative estimate of drug-likeness (QED) is 0.854. The van der Waals surface area contributed by atoms with Gasteiger partial charge < -0.3 is 5.32 Å². The van der Waals surface area contributed by atoms with Gasteiger partial charge in [0.1, 0.15) is 11.6 Å². The summed E-state index contributed by atoms with van der Waals surface area (Å²) in [6.07, 6.45) is 6.24. The summed E-state index contributed by atoms with van der Waals surface area (Å²) in [5.74, 6) is -0.922. The van der Waals surface area contributed by atoms with Gasteiger partial charge >= 0.3 is 0 Å². The van der Waals surface area contributed by atoms with Gasteiger partial charge in [0.15, 0.2) is 0 Å². The molecule has 1 aliphatic heterocycles. The minimum atomic E-state index is -0.503. The minimum absolute atomic E-state index is 0.303. The summed E-state index contributed by atoms with van der Waals surface area (Å²) in [4.78, 5) is 0. The second-order valence-corrected chi connectivity index (χ2v) is 5.19. The van der Waals surface area contributed by atoms with Crippen molar-refractivity contribution in [3.63, 3.8) is 0 Å². The molecule has 1 nitrogen and oxygen atoms in total. The van der Waals surface area contributed by atoms with E-state index < -0.39 is 11.6 Å². The highest BCUT2D eigenvalue weighted by molar-refractivity contribution is 5.27. The molecule has 1 heterocycles. The van der Waals surface area contributed by atoms with E-state index in [0.717, 1.165) is 44.7 Å². The molecule has 1 unspecified atom stereocenters. The fourth-order valence-corrected chi connectivity index (χ4v) is 3.03. The Morgan fingerprint density at radius 2 is 2.06 bits per heavy atom. The summed E-state index contributed by atoms with van der Waals surface area (Å²) in [6.45, 7) is 3.02. The largest absolute Gasteiger partial charge is 0.307 e. The molecule has 3 heteroatoms. The Bertz CT molecular complexity index is 395. The summed E-state index contributed by atoms with van der Waals surface area (Å²) in [5.41, 5.74) is 0.330. The number of benzene rings is 1. The van der Waals surface area contributed by atoms with Gasteiger partial charge in [-0.3, -0.25) is 0 Å². The van der Waals surface area contributed by atoms with Crippen LogP contribution < -0.4 is 5.32 Å². The fraction of sp³-hybridized carbons (Fsp3) is 0.600. The fourth-order valence-electron chi connectivity index (χ4n) is 3.03. The van der Waals surface area contributed by atoms with Crippen molar-refractivity contribution in [2.75, 3.05) is 6.54 Å². The first kappa shape index (κ1) is 13.5. The molecule has 0 amide bonds. The van der Waals surface area contributed by atoms with Crippen molar-refractivity contribution in [3.8, 4) is 0 Å². The van der Waals surface area contributed by atoms with Crippen molar-refractivity contribution in [3.05, 3.63) is 35.4 Å². The normalized spacial score (nSPS) is 24.8. The molecule has 1 aromatic carbocycles. The zero-order valence-corrected chi connectivity index (χ0v) is 10.9. The maximum Gasteiger partial charge on any atom is 0.131 e. The van der Waals surface area contributed by atoms with Crippen LogP contribution in [-0.2, 0) is 5.54 Å². The highest BCUT2D eigenvalue weighted by atomic mass is 19.1. The van der Waals surface area contributed by atoms with Gasteiger partial charge in [-0.2, -0.15) is 0 Å². The van der Waals surface area contributed by atoms with E-state index in [0.29, 0.717) is 5.56 Å². The lowest BCUT2D eigenvalue weighted by Crippen LogP contribution is -2.42. The maximum atomic E-state index is 14.1. The van der Waals surface area contributed by atoms with E-state index in [4.69, 9.17) is 0 Å². The van der Waals surface area contributed by atoms with Crippen LogP contribution in [0.5, 0.6) is 0 Å². The average Bonchev–Trinajstić information content (AvgIpc) is 2.56. The molecule has 1 fully saturated rings. The highest BCUT2D eigenvalue weighted by Gasteiger charge is 2.33. The summed E-state index contributed by atoms with van der Waals surface area (Å²) in [5, 5.41) is 3.51. The Morgan fingerprint density at radius 3 is 2.78 bits per heavy atom. The molecular formula is C15H21F2N. The monoisotopic (exact) mass is 253 g/mol. The van der Waals surface area contributed by atoms with Gasteiger partial charge in [-0.05, 0) is 31.9 Å². The van der Waals surface area contributed by atoms with Gasteiger partial charge in [-0.15, -0.1) is 0 Å². The first-order valence-corrected chi connectivity index (χ1v) is 6.88. The lowest BCUT2D eigenvalue weighted by Gasteiger charge is -2.34. The minimum Gasteiger partial charge on any atom is -0.307 e. The predicted octanol–water partition coefficient (Wildman–Crippen LogP) is 4.12. The van der Waals surface area contributed by atoms with Crippen LogP contribution in [0.15, 0.2) is 18.2 Å². The first-order valence-electron chi connectivity index (χ1n) is 6.88. The molecule has 2 rings (SSSR count). The predicted molar refractivity (Wildman–Crippen MR) is 69.4 cm³/mol. The van der Waals surface area contributed by atoms with E-state index in [-0.39, 0.29) is 5.54 Å². The Labute approximate surface area is 108 Å². The molecule has 1 saturated heterocycles. The van der Waals surface area contributed by atoms with Crippen LogP contribution in [0.25, 0.3) is 0 Å². The van der Waals surface area contributed by atoms with Crippen molar-refractivity contribution in [1.29, 1.82) is 0 Å². The van der Waals surface area contributed by atoms with Crippen LogP contribution in [0.4, 0.5) is 8.78 Å². The molecule has 1 aromatic rings. The van der Waals surface area contributed by atoms with Crippen molar-refractivity contribution in [1.82, 2.24) is 5.32 Å². The topological polar surface area (TPSA) is 12.0 Å². The van der Waals surface area contributed by atoms with Crippen molar-refractivity contribution in [2.24, 2.45) is 0 Å². The SMILES string of the molecule is CCCC1(c2ccc(F)cc2F)CCCCCN1. The smallest absolute Gasteiger partial charge is 0.131 e. The summed E-state index contributed by atoms with van der Waals surface area (Å²) < 4.78 is 27.1. The van der Waals surface area contributed by atoms with Crippen molar-refractivity contribution < 1.29 is 8.78 Å². The number of rotatable bonds is 3. The number of halogens is 2. The molecule has 0 spiro atoms. The Morgan fingerprint density at radius 1 is 1.22 bits per heavy atom.